The summed E-state index contributed by atoms with van der Waals surface area (Å²) in [6.45, 7) is 2.00. The Kier molecular flexibility index (Phi) is 4.40. The van der Waals surface area contributed by atoms with E-state index in [9.17, 15) is 4.79 Å². The molecule has 0 aliphatic heterocycles. The lowest BCUT2D eigenvalue weighted by atomic mass is 10.0. The lowest BCUT2D eigenvalue weighted by Gasteiger charge is -2.09. The number of hydrogen-bond donors (Lipinski definition) is 1. The molecule has 0 radical (unpaired) electrons. The maximum atomic E-state index is 12.5. The molecule has 0 spiro atoms. The number of benzene rings is 2. The second kappa shape index (κ2) is 6.63. The monoisotopic (exact) mass is 322 g/mol. The van der Waals surface area contributed by atoms with Crippen molar-refractivity contribution in [2.75, 3.05) is 5.32 Å². The summed E-state index contributed by atoms with van der Waals surface area (Å²) < 4.78 is 0. The third-order valence-electron chi connectivity index (χ3n) is 3.58. The maximum Gasteiger partial charge on any atom is 0.255 e. The van der Waals surface area contributed by atoms with E-state index in [1.807, 2.05) is 49.5 Å². The maximum absolute atomic E-state index is 12.5. The van der Waals surface area contributed by atoms with Gasteiger partial charge in [-0.2, -0.15) is 0 Å². The van der Waals surface area contributed by atoms with Crippen LogP contribution in [0.5, 0.6) is 0 Å². The molecule has 0 aliphatic rings. The summed E-state index contributed by atoms with van der Waals surface area (Å²) in [6.07, 6.45) is 3.56. The summed E-state index contributed by atoms with van der Waals surface area (Å²) in [5.74, 6) is -0.188. The van der Waals surface area contributed by atoms with Crippen LogP contribution in [0.15, 0.2) is 67.0 Å². The molecule has 1 N–H and O–H groups in total. The Bertz CT molecular complexity index is 861. The highest BCUT2D eigenvalue weighted by Gasteiger charge is 2.10. The number of nitrogens with zero attached hydrogens (tertiary/aromatic N) is 1. The Balaban J connectivity index is 1.90. The molecule has 3 aromatic rings. The van der Waals surface area contributed by atoms with E-state index < -0.39 is 0 Å². The van der Waals surface area contributed by atoms with Crippen LogP contribution in [0.25, 0.3) is 11.1 Å². The summed E-state index contributed by atoms with van der Waals surface area (Å²) >= 11 is 6.08. The summed E-state index contributed by atoms with van der Waals surface area (Å²) in [5.41, 5.74) is 4.29. The van der Waals surface area contributed by atoms with Gasteiger partial charge in [-0.15, -0.1) is 0 Å². The molecule has 3 rings (SSSR count). The van der Waals surface area contributed by atoms with E-state index in [1.54, 1.807) is 24.4 Å². The molecule has 0 fully saturated rings. The normalized spacial score (nSPS) is 10.3. The average molecular weight is 323 g/mol. The average Bonchev–Trinajstić information content (AvgIpc) is 2.57. The number of nitrogens with one attached hydrogen (secondary N) is 1. The second-order valence-corrected chi connectivity index (χ2v) is 5.61. The fraction of sp³-hybridized carbons (Fsp3) is 0.0526. The highest BCUT2D eigenvalue weighted by molar-refractivity contribution is 6.33. The number of para-hydroxylation sites is 1. The van der Waals surface area contributed by atoms with E-state index in [2.05, 4.69) is 10.3 Å². The Morgan fingerprint density at radius 3 is 2.70 bits per heavy atom. The second-order valence-electron chi connectivity index (χ2n) is 5.21. The van der Waals surface area contributed by atoms with Crippen molar-refractivity contribution in [1.82, 2.24) is 4.98 Å². The Morgan fingerprint density at radius 2 is 1.91 bits per heavy atom. The Labute approximate surface area is 140 Å². The summed E-state index contributed by atoms with van der Waals surface area (Å²) in [6, 6.07) is 16.6. The van der Waals surface area contributed by atoms with Gasteiger partial charge in [-0.05, 0) is 53.9 Å². The number of carbonyl (C=O) groups excluding carboxylic acids is 1. The van der Waals surface area contributed by atoms with Crippen molar-refractivity contribution in [3.8, 4) is 11.1 Å². The van der Waals surface area contributed by atoms with Gasteiger partial charge in [0.15, 0.2) is 0 Å². The van der Waals surface area contributed by atoms with Crippen molar-refractivity contribution in [2.24, 2.45) is 0 Å². The number of halogens is 1. The first-order chi connectivity index (χ1) is 11.1. The van der Waals surface area contributed by atoms with Crippen LogP contribution in [0.2, 0.25) is 5.02 Å². The number of hydrogen-bond acceptors (Lipinski definition) is 2. The standard InChI is InChI=1S/C19H15ClN2O/c1-13-12-21-10-9-16(13)14-5-4-6-15(11-14)19(23)22-18-8-3-2-7-17(18)20/h2-12H,1H3,(H,22,23). The number of anilines is 1. The molecule has 0 atom stereocenters. The largest absolute Gasteiger partial charge is 0.321 e. The molecule has 1 heterocycles. The van der Waals surface area contributed by atoms with Crippen LogP contribution in [0.1, 0.15) is 15.9 Å². The molecule has 23 heavy (non-hydrogen) atoms. The molecular formula is C19H15ClN2O. The minimum atomic E-state index is -0.188. The Morgan fingerprint density at radius 1 is 1.09 bits per heavy atom. The number of aromatic nitrogens is 1. The minimum absolute atomic E-state index is 0.188. The first-order valence-electron chi connectivity index (χ1n) is 7.22. The topological polar surface area (TPSA) is 42.0 Å². The van der Waals surface area contributed by atoms with Gasteiger partial charge in [-0.1, -0.05) is 35.9 Å². The van der Waals surface area contributed by atoms with Gasteiger partial charge >= 0.3 is 0 Å². The van der Waals surface area contributed by atoms with Crippen LogP contribution in [-0.2, 0) is 0 Å². The van der Waals surface area contributed by atoms with Crippen LogP contribution < -0.4 is 5.32 Å². The van der Waals surface area contributed by atoms with Crippen molar-refractivity contribution in [3.63, 3.8) is 0 Å². The van der Waals surface area contributed by atoms with Crippen LogP contribution >= 0.6 is 11.6 Å². The van der Waals surface area contributed by atoms with Crippen molar-refractivity contribution in [1.29, 1.82) is 0 Å². The fourth-order valence-corrected chi connectivity index (χ4v) is 2.57. The SMILES string of the molecule is Cc1cnccc1-c1cccc(C(=O)Nc2ccccc2Cl)c1. The summed E-state index contributed by atoms with van der Waals surface area (Å²) in [4.78, 5) is 16.6. The van der Waals surface area contributed by atoms with Gasteiger partial charge in [-0.25, -0.2) is 0 Å². The number of aryl methyl sites for hydroxylation is 1. The van der Waals surface area contributed by atoms with Crippen molar-refractivity contribution in [3.05, 3.63) is 83.1 Å². The Hall–Kier alpha value is -2.65. The van der Waals surface area contributed by atoms with Gasteiger partial charge in [0.1, 0.15) is 0 Å². The van der Waals surface area contributed by atoms with E-state index in [-0.39, 0.29) is 5.91 Å². The minimum Gasteiger partial charge on any atom is -0.321 e. The molecule has 0 bridgehead atoms. The number of carbonyl (C=O) groups is 1. The first kappa shape index (κ1) is 15.3. The quantitative estimate of drug-likeness (QED) is 0.740. The van der Waals surface area contributed by atoms with Gasteiger partial charge in [-0.3, -0.25) is 9.78 Å². The highest BCUT2D eigenvalue weighted by Crippen LogP contribution is 2.25. The van der Waals surface area contributed by atoms with E-state index >= 15 is 0 Å². The molecule has 1 aromatic heterocycles. The van der Waals surface area contributed by atoms with Crippen molar-refractivity contribution < 1.29 is 4.79 Å². The lowest BCUT2D eigenvalue weighted by molar-refractivity contribution is 0.102. The molecule has 0 aliphatic carbocycles. The summed E-state index contributed by atoms with van der Waals surface area (Å²) in [5, 5.41) is 3.35. The van der Waals surface area contributed by atoms with Crippen LogP contribution in [-0.4, -0.2) is 10.9 Å². The highest BCUT2D eigenvalue weighted by atomic mass is 35.5. The number of pyridine rings is 1. The van der Waals surface area contributed by atoms with Gasteiger partial charge in [0, 0.05) is 18.0 Å². The van der Waals surface area contributed by atoms with E-state index in [4.69, 9.17) is 11.6 Å². The van der Waals surface area contributed by atoms with Crippen LogP contribution in [0.3, 0.4) is 0 Å². The number of rotatable bonds is 3. The molecule has 1 amide bonds. The smallest absolute Gasteiger partial charge is 0.255 e. The van der Waals surface area contributed by atoms with E-state index in [1.165, 1.54) is 0 Å². The predicted octanol–water partition coefficient (Wildman–Crippen LogP) is 4.96. The van der Waals surface area contributed by atoms with Crippen molar-refractivity contribution >= 4 is 23.2 Å². The zero-order chi connectivity index (χ0) is 16.2. The molecule has 2 aromatic carbocycles. The molecular weight excluding hydrogens is 308 g/mol. The van der Waals surface area contributed by atoms with E-state index in [0.29, 0.717) is 16.3 Å². The molecule has 4 heteroatoms. The first-order valence-corrected chi connectivity index (χ1v) is 7.60. The third-order valence-corrected chi connectivity index (χ3v) is 3.91. The lowest BCUT2D eigenvalue weighted by Crippen LogP contribution is -2.12. The van der Waals surface area contributed by atoms with Crippen molar-refractivity contribution in [2.45, 2.75) is 6.92 Å². The predicted molar refractivity (Wildman–Crippen MR) is 93.8 cm³/mol. The third kappa shape index (κ3) is 3.41. The molecule has 0 saturated heterocycles. The molecule has 3 nitrogen and oxygen atoms in total. The van der Waals surface area contributed by atoms with E-state index in [0.717, 1.165) is 16.7 Å². The van der Waals surface area contributed by atoms with Gasteiger partial charge in [0.05, 0.1) is 10.7 Å². The van der Waals surface area contributed by atoms with Gasteiger partial charge in [0.25, 0.3) is 5.91 Å². The van der Waals surface area contributed by atoms with Gasteiger partial charge < -0.3 is 5.32 Å². The van der Waals surface area contributed by atoms with Crippen LogP contribution in [0.4, 0.5) is 5.69 Å². The van der Waals surface area contributed by atoms with Gasteiger partial charge in [0.2, 0.25) is 0 Å². The number of amides is 1. The zero-order valence-corrected chi connectivity index (χ0v) is 13.3. The molecule has 114 valence electrons. The molecule has 0 saturated carbocycles. The molecule has 0 unspecified atom stereocenters. The summed E-state index contributed by atoms with van der Waals surface area (Å²) in [7, 11) is 0. The van der Waals surface area contributed by atoms with Crippen LogP contribution in [0, 0.1) is 6.92 Å². The fourth-order valence-electron chi connectivity index (χ4n) is 2.38. The zero-order valence-electron chi connectivity index (χ0n) is 12.6.